The van der Waals surface area contributed by atoms with Crippen LogP contribution in [0.15, 0.2) is 53.5 Å². The number of nitrogens with zero attached hydrogens (tertiary/aromatic N) is 1. The highest BCUT2D eigenvalue weighted by molar-refractivity contribution is 6.09. The van der Waals surface area contributed by atoms with Crippen LogP contribution < -0.4 is 16.0 Å². The van der Waals surface area contributed by atoms with Gasteiger partial charge in [-0.05, 0) is 23.8 Å². The second-order valence-corrected chi connectivity index (χ2v) is 6.99. The van der Waals surface area contributed by atoms with Crippen molar-refractivity contribution in [2.75, 3.05) is 29.2 Å². The van der Waals surface area contributed by atoms with Crippen LogP contribution in [-0.2, 0) is 16.1 Å². The Bertz CT molecular complexity index is 872. The summed E-state index contributed by atoms with van der Waals surface area (Å²) in [6.07, 6.45) is 1.72. The van der Waals surface area contributed by atoms with Crippen molar-refractivity contribution in [3.05, 3.63) is 54.1 Å². The predicted molar refractivity (Wildman–Crippen MR) is 108 cm³/mol. The van der Waals surface area contributed by atoms with E-state index in [0.29, 0.717) is 19.8 Å². The van der Waals surface area contributed by atoms with E-state index in [1.807, 2.05) is 36.4 Å². The van der Waals surface area contributed by atoms with E-state index in [2.05, 4.69) is 28.1 Å². The molecule has 0 radical (unpaired) electrons. The second kappa shape index (κ2) is 7.40. The molecular weight excluding hydrogens is 340 g/mol. The number of hydrogen-bond acceptors (Lipinski definition) is 4. The van der Waals surface area contributed by atoms with Crippen LogP contribution in [0.2, 0.25) is 0 Å². The molecule has 1 saturated heterocycles. The number of anilines is 3. The molecule has 6 heteroatoms. The van der Waals surface area contributed by atoms with Crippen molar-refractivity contribution < 1.29 is 9.53 Å². The Balaban J connectivity index is 1.65. The number of hydrogen-bond donors (Lipinski definition) is 3. The fraction of sp³-hybridized carbons (Fsp3) is 0.333. The topological polar surface area (TPSA) is 74.8 Å². The Labute approximate surface area is 159 Å². The highest BCUT2D eigenvalue weighted by atomic mass is 16.5. The molecule has 1 spiro atoms. The zero-order valence-corrected chi connectivity index (χ0v) is 15.4. The molecule has 6 nitrogen and oxygen atoms in total. The van der Waals surface area contributed by atoms with Crippen molar-refractivity contribution in [3.63, 3.8) is 0 Å². The zero-order valence-electron chi connectivity index (χ0n) is 15.4. The third-order valence-electron chi connectivity index (χ3n) is 5.09. The minimum absolute atomic E-state index is 0.0811. The first-order valence-electron chi connectivity index (χ1n) is 9.29. The van der Waals surface area contributed by atoms with Gasteiger partial charge in [0.1, 0.15) is 5.84 Å². The summed E-state index contributed by atoms with van der Waals surface area (Å²) in [7, 11) is 0. The third-order valence-corrected chi connectivity index (χ3v) is 5.09. The Morgan fingerprint density at radius 3 is 2.59 bits per heavy atom. The van der Waals surface area contributed by atoms with E-state index in [4.69, 9.17) is 9.73 Å². The molecule has 0 saturated carbocycles. The minimum Gasteiger partial charge on any atom is -0.381 e. The number of benzene rings is 2. The lowest BCUT2D eigenvalue weighted by Gasteiger charge is -2.43. The lowest BCUT2D eigenvalue weighted by molar-refractivity contribution is -0.114. The van der Waals surface area contributed by atoms with Gasteiger partial charge in [-0.15, -0.1) is 0 Å². The fourth-order valence-electron chi connectivity index (χ4n) is 3.67. The normalized spacial score (nSPS) is 19.1. The maximum atomic E-state index is 11.5. The number of carbonyl (C=O) groups is 1. The van der Waals surface area contributed by atoms with Crippen molar-refractivity contribution in [1.29, 1.82) is 0 Å². The molecule has 2 aromatic rings. The number of amidine groups is 1. The number of aliphatic imine (C=N–C) groups is 1. The summed E-state index contributed by atoms with van der Waals surface area (Å²) in [5, 5.41) is 10.1. The first-order valence-corrected chi connectivity index (χ1v) is 9.29. The van der Waals surface area contributed by atoms with Crippen LogP contribution in [0.3, 0.4) is 0 Å². The first-order chi connectivity index (χ1) is 13.2. The van der Waals surface area contributed by atoms with Gasteiger partial charge >= 0.3 is 0 Å². The van der Waals surface area contributed by atoms with Gasteiger partial charge in [-0.1, -0.05) is 30.3 Å². The van der Waals surface area contributed by atoms with Gasteiger partial charge in [0.25, 0.3) is 0 Å². The summed E-state index contributed by atoms with van der Waals surface area (Å²) in [5.74, 6) is 0.851. The van der Waals surface area contributed by atoms with Crippen LogP contribution in [-0.4, -0.2) is 30.5 Å². The Hall–Kier alpha value is -2.86. The molecule has 4 rings (SSSR count). The highest BCUT2D eigenvalue weighted by Crippen LogP contribution is 2.36. The zero-order chi connectivity index (χ0) is 18.7. The van der Waals surface area contributed by atoms with Crippen molar-refractivity contribution in [2.24, 2.45) is 4.99 Å². The van der Waals surface area contributed by atoms with Gasteiger partial charge < -0.3 is 20.7 Å². The predicted octanol–water partition coefficient (Wildman–Crippen LogP) is 3.63. The number of amides is 1. The Morgan fingerprint density at radius 1 is 1.11 bits per heavy atom. The standard InChI is InChI=1S/C21H24N4O2/c1-15(26)23-17-7-3-2-6-16(17)14-22-20-21(10-12-27-13-11-21)25-19-9-5-4-8-18(19)24-20/h2-9,25H,10-14H2,1H3,(H,22,24)(H,23,26). The molecule has 0 aliphatic carbocycles. The van der Waals surface area contributed by atoms with Crippen molar-refractivity contribution in [2.45, 2.75) is 31.8 Å². The third kappa shape index (κ3) is 3.66. The largest absolute Gasteiger partial charge is 0.381 e. The number of para-hydroxylation sites is 3. The molecule has 27 heavy (non-hydrogen) atoms. The van der Waals surface area contributed by atoms with Gasteiger partial charge in [0, 0.05) is 38.7 Å². The number of carbonyl (C=O) groups excluding carboxylic acids is 1. The minimum atomic E-state index is -0.241. The molecule has 2 aliphatic heterocycles. The quantitative estimate of drug-likeness (QED) is 0.777. The SMILES string of the molecule is CC(=O)Nc1ccccc1CN=C1Nc2ccccc2NC12CCOCC2. The van der Waals surface area contributed by atoms with Crippen LogP contribution in [0.5, 0.6) is 0 Å². The molecule has 2 aliphatic rings. The van der Waals surface area contributed by atoms with E-state index in [0.717, 1.165) is 41.3 Å². The second-order valence-electron chi connectivity index (χ2n) is 6.99. The first kappa shape index (κ1) is 17.5. The average Bonchev–Trinajstić information content (AvgIpc) is 2.67. The van der Waals surface area contributed by atoms with Crippen LogP contribution in [0.1, 0.15) is 25.3 Å². The van der Waals surface area contributed by atoms with E-state index >= 15 is 0 Å². The molecule has 0 aromatic heterocycles. The summed E-state index contributed by atoms with van der Waals surface area (Å²) in [6, 6.07) is 16.0. The molecular formula is C21H24N4O2. The molecule has 2 heterocycles. The molecule has 0 atom stereocenters. The maximum absolute atomic E-state index is 11.5. The fourth-order valence-corrected chi connectivity index (χ4v) is 3.67. The smallest absolute Gasteiger partial charge is 0.221 e. The van der Waals surface area contributed by atoms with Crippen LogP contribution in [0.25, 0.3) is 0 Å². The summed E-state index contributed by atoms with van der Waals surface area (Å²) in [6.45, 7) is 3.42. The van der Waals surface area contributed by atoms with Crippen molar-refractivity contribution in [3.8, 4) is 0 Å². The molecule has 3 N–H and O–H groups in total. The van der Waals surface area contributed by atoms with E-state index < -0.39 is 0 Å². The van der Waals surface area contributed by atoms with Gasteiger partial charge in [0.2, 0.25) is 5.91 Å². The van der Waals surface area contributed by atoms with E-state index in [1.54, 1.807) is 0 Å². The van der Waals surface area contributed by atoms with Gasteiger partial charge in [-0.2, -0.15) is 0 Å². The van der Waals surface area contributed by atoms with Gasteiger partial charge in [0.05, 0.1) is 23.5 Å². The monoisotopic (exact) mass is 364 g/mol. The van der Waals surface area contributed by atoms with Crippen LogP contribution in [0, 0.1) is 0 Å². The van der Waals surface area contributed by atoms with Gasteiger partial charge in [-0.3, -0.25) is 9.79 Å². The average molecular weight is 364 g/mol. The molecule has 140 valence electrons. The van der Waals surface area contributed by atoms with E-state index in [1.165, 1.54) is 6.92 Å². The summed E-state index contributed by atoms with van der Waals surface area (Å²) >= 11 is 0. The van der Waals surface area contributed by atoms with Gasteiger partial charge in [0.15, 0.2) is 0 Å². The number of rotatable bonds is 3. The Kier molecular flexibility index (Phi) is 4.81. The summed E-state index contributed by atoms with van der Waals surface area (Å²) in [5.41, 5.74) is 3.68. The van der Waals surface area contributed by atoms with E-state index in [-0.39, 0.29) is 11.4 Å². The molecule has 1 amide bonds. The summed E-state index contributed by atoms with van der Waals surface area (Å²) < 4.78 is 5.59. The molecule has 1 fully saturated rings. The maximum Gasteiger partial charge on any atom is 0.221 e. The lowest BCUT2D eigenvalue weighted by atomic mass is 9.86. The number of nitrogens with one attached hydrogen (secondary N) is 3. The van der Waals surface area contributed by atoms with Crippen molar-refractivity contribution in [1.82, 2.24) is 0 Å². The van der Waals surface area contributed by atoms with Crippen LogP contribution in [0.4, 0.5) is 17.1 Å². The van der Waals surface area contributed by atoms with Gasteiger partial charge in [-0.25, -0.2) is 0 Å². The molecule has 2 aromatic carbocycles. The molecule has 0 unspecified atom stereocenters. The Morgan fingerprint density at radius 2 is 1.81 bits per heavy atom. The van der Waals surface area contributed by atoms with E-state index in [9.17, 15) is 4.79 Å². The lowest BCUT2D eigenvalue weighted by Crippen LogP contribution is -2.55. The van der Waals surface area contributed by atoms with Crippen molar-refractivity contribution >= 4 is 28.8 Å². The number of ether oxygens (including phenoxy) is 1. The number of fused-ring (bicyclic) bond motifs is 1. The molecule has 0 bridgehead atoms. The van der Waals surface area contributed by atoms with Crippen LogP contribution >= 0.6 is 0 Å². The summed E-state index contributed by atoms with van der Waals surface area (Å²) in [4.78, 5) is 16.4. The highest BCUT2D eigenvalue weighted by Gasteiger charge is 2.41.